The lowest BCUT2D eigenvalue weighted by molar-refractivity contribution is 0.0802. The quantitative estimate of drug-likeness (QED) is 0.576. The van der Waals surface area contributed by atoms with E-state index < -0.39 is 0 Å². The first-order valence-corrected chi connectivity index (χ1v) is 7.45. The number of amides is 1. The molecule has 0 aliphatic heterocycles. The summed E-state index contributed by atoms with van der Waals surface area (Å²) in [7, 11) is 1.42. The van der Waals surface area contributed by atoms with E-state index in [2.05, 4.69) is 16.0 Å². The highest BCUT2D eigenvalue weighted by atomic mass is 35.5. The van der Waals surface area contributed by atoms with E-state index in [4.69, 9.17) is 26.9 Å². The fourth-order valence-corrected chi connectivity index (χ4v) is 1.97. The monoisotopic (exact) mass is 348 g/mol. The summed E-state index contributed by atoms with van der Waals surface area (Å²) in [6, 6.07) is 6.13. The Labute approximate surface area is 145 Å². The zero-order valence-corrected chi connectivity index (χ0v) is 14.3. The Morgan fingerprint density at radius 1 is 1.33 bits per heavy atom. The maximum atomic E-state index is 12.3. The second-order valence-electron chi connectivity index (χ2n) is 4.44. The molecule has 126 valence electrons. The van der Waals surface area contributed by atoms with Crippen LogP contribution in [0, 0.1) is 22.7 Å². The van der Waals surface area contributed by atoms with Gasteiger partial charge in [-0.05, 0) is 6.07 Å². The molecule has 0 aromatic heterocycles. The van der Waals surface area contributed by atoms with Gasteiger partial charge in [-0.2, -0.15) is 15.6 Å². The first-order valence-electron chi connectivity index (χ1n) is 7.07. The van der Waals surface area contributed by atoms with Crippen molar-refractivity contribution in [2.45, 2.75) is 13.8 Å². The van der Waals surface area contributed by atoms with Crippen molar-refractivity contribution in [3.8, 4) is 17.9 Å². The summed E-state index contributed by atoms with van der Waals surface area (Å²) in [4.78, 5) is 12.3. The number of hydrazine groups is 1. The molecule has 2 N–H and O–H groups in total. The summed E-state index contributed by atoms with van der Waals surface area (Å²) in [5, 5.41) is 22.9. The van der Waals surface area contributed by atoms with Gasteiger partial charge in [0.2, 0.25) is 5.71 Å². The molecule has 0 bridgehead atoms. The third-order valence-electron chi connectivity index (χ3n) is 3.06. The van der Waals surface area contributed by atoms with Crippen LogP contribution in [0.4, 0.5) is 5.69 Å². The molecule has 1 aromatic rings. The minimum Gasteiger partial charge on any atom is -0.496 e. The van der Waals surface area contributed by atoms with Crippen molar-refractivity contribution in [2.24, 2.45) is 5.10 Å². The van der Waals surface area contributed by atoms with Crippen LogP contribution in [0.15, 0.2) is 17.2 Å². The zero-order chi connectivity index (χ0) is 18.1. The number of nitrogens with zero attached hydrogens (tertiary/aromatic N) is 4. The number of hydrogen-bond acceptors (Lipinski definition) is 7. The van der Waals surface area contributed by atoms with Crippen LogP contribution in [-0.4, -0.2) is 36.8 Å². The summed E-state index contributed by atoms with van der Waals surface area (Å²) in [5.74, 6) is -0.0838. The standard InChI is InChI=1S/C15H17ClN6O2/c1-4-22(5-2)21-15(23)11-6-12(16)13(7-14(11)24-3)20-19-10(8-17)9-18/h6-7,20H,4-5H2,1-3H3,(H,21,23). The highest BCUT2D eigenvalue weighted by Crippen LogP contribution is 2.31. The normalized spacial score (nSPS) is 9.62. The Hall–Kier alpha value is -2.81. The molecule has 24 heavy (non-hydrogen) atoms. The number of anilines is 1. The largest absolute Gasteiger partial charge is 0.496 e. The Kier molecular flexibility index (Phi) is 7.50. The van der Waals surface area contributed by atoms with Gasteiger partial charge in [0.1, 0.15) is 17.9 Å². The smallest absolute Gasteiger partial charge is 0.269 e. The molecule has 8 nitrogen and oxygen atoms in total. The number of nitrogens with one attached hydrogen (secondary N) is 2. The van der Waals surface area contributed by atoms with Gasteiger partial charge in [0.15, 0.2) is 0 Å². The van der Waals surface area contributed by atoms with Crippen LogP contribution in [0.3, 0.4) is 0 Å². The maximum Gasteiger partial charge on any atom is 0.269 e. The van der Waals surface area contributed by atoms with Crippen LogP contribution in [0.2, 0.25) is 5.02 Å². The lowest BCUT2D eigenvalue weighted by Gasteiger charge is -2.20. The summed E-state index contributed by atoms with van der Waals surface area (Å²) < 4.78 is 5.21. The number of benzene rings is 1. The number of hydrazone groups is 1. The summed E-state index contributed by atoms with van der Waals surface area (Å²) >= 11 is 6.13. The molecule has 0 atom stereocenters. The van der Waals surface area contributed by atoms with E-state index >= 15 is 0 Å². The van der Waals surface area contributed by atoms with Crippen LogP contribution < -0.4 is 15.6 Å². The number of ether oxygens (including phenoxy) is 1. The van der Waals surface area contributed by atoms with E-state index in [1.54, 1.807) is 17.1 Å². The predicted molar refractivity (Wildman–Crippen MR) is 90.7 cm³/mol. The number of hydrogen-bond donors (Lipinski definition) is 2. The fraction of sp³-hybridized carbons (Fsp3) is 0.333. The van der Waals surface area contributed by atoms with Gasteiger partial charge < -0.3 is 4.74 Å². The number of carbonyl (C=O) groups is 1. The molecule has 0 saturated heterocycles. The second-order valence-corrected chi connectivity index (χ2v) is 4.85. The van der Waals surface area contributed by atoms with E-state index in [0.717, 1.165) is 0 Å². The van der Waals surface area contributed by atoms with Gasteiger partial charge in [-0.3, -0.25) is 15.6 Å². The Morgan fingerprint density at radius 3 is 2.46 bits per heavy atom. The van der Waals surface area contributed by atoms with Crippen molar-refractivity contribution >= 4 is 28.9 Å². The molecule has 0 heterocycles. The molecule has 0 fully saturated rings. The van der Waals surface area contributed by atoms with Crippen LogP contribution in [0.1, 0.15) is 24.2 Å². The molecule has 0 spiro atoms. The van der Waals surface area contributed by atoms with Crippen LogP contribution in [-0.2, 0) is 0 Å². The molecule has 9 heteroatoms. The van der Waals surface area contributed by atoms with Gasteiger partial charge in [0.25, 0.3) is 5.91 Å². The first-order chi connectivity index (χ1) is 11.5. The number of carbonyl (C=O) groups excluding carboxylic acids is 1. The van der Waals surface area contributed by atoms with E-state index in [1.165, 1.54) is 19.2 Å². The van der Waals surface area contributed by atoms with Crippen molar-refractivity contribution in [2.75, 3.05) is 25.6 Å². The van der Waals surface area contributed by atoms with Gasteiger partial charge in [0.05, 0.1) is 23.4 Å². The molecule has 0 aliphatic carbocycles. The van der Waals surface area contributed by atoms with Crippen molar-refractivity contribution in [1.82, 2.24) is 10.4 Å². The molecule has 1 aromatic carbocycles. The van der Waals surface area contributed by atoms with Crippen molar-refractivity contribution in [1.29, 1.82) is 10.5 Å². The van der Waals surface area contributed by atoms with Gasteiger partial charge in [-0.1, -0.05) is 25.4 Å². The van der Waals surface area contributed by atoms with E-state index in [1.807, 2.05) is 13.8 Å². The Bertz CT molecular complexity index is 700. The van der Waals surface area contributed by atoms with Gasteiger partial charge in [-0.15, -0.1) is 0 Å². The lowest BCUT2D eigenvalue weighted by atomic mass is 10.1. The van der Waals surface area contributed by atoms with Crippen LogP contribution >= 0.6 is 11.6 Å². The molecule has 0 radical (unpaired) electrons. The molecular weight excluding hydrogens is 332 g/mol. The third-order valence-corrected chi connectivity index (χ3v) is 3.37. The third kappa shape index (κ3) is 4.85. The second kappa shape index (κ2) is 9.36. The summed E-state index contributed by atoms with van der Waals surface area (Å²) in [6.45, 7) is 5.14. The number of halogens is 1. The summed E-state index contributed by atoms with van der Waals surface area (Å²) in [5.41, 5.74) is 5.45. The molecule has 1 amide bonds. The fourth-order valence-electron chi connectivity index (χ4n) is 1.76. The molecular formula is C15H17ClN6O2. The topological polar surface area (TPSA) is 114 Å². The van der Waals surface area contributed by atoms with Crippen LogP contribution in [0.25, 0.3) is 0 Å². The van der Waals surface area contributed by atoms with Crippen molar-refractivity contribution in [3.05, 3.63) is 22.7 Å². The Morgan fingerprint density at radius 2 is 1.96 bits per heavy atom. The van der Waals surface area contributed by atoms with Crippen molar-refractivity contribution in [3.63, 3.8) is 0 Å². The number of nitriles is 2. The van der Waals surface area contributed by atoms with Gasteiger partial charge >= 0.3 is 0 Å². The molecule has 0 unspecified atom stereocenters. The minimum atomic E-state index is -0.359. The van der Waals surface area contributed by atoms with E-state index in [-0.39, 0.29) is 28.0 Å². The highest BCUT2D eigenvalue weighted by molar-refractivity contribution is 6.33. The minimum absolute atomic E-state index is 0.194. The average Bonchev–Trinajstić information content (AvgIpc) is 2.60. The molecule has 0 aliphatic rings. The Balaban J connectivity index is 3.12. The van der Waals surface area contributed by atoms with Crippen molar-refractivity contribution < 1.29 is 9.53 Å². The molecule has 0 saturated carbocycles. The highest BCUT2D eigenvalue weighted by Gasteiger charge is 2.17. The number of methoxy groups -OCH3 is 1. The van der Waals surface area contributed by atoms with Gasteiger partial charge in [-0.25, -0.2) is 5.01 Å². The SMILES string of the molecule is CCN(CC)NC(=O)c1cc(Cl)c(NN=C(C#N)C#N)cc1OC. The lowest BCUT2D eigenvalue weighted by Crippen LogP contribution is -2.41. The maximum absolute atomic E-state index is 12.3. The summed E-state index contributed by atoms with van der Waals surface area (Å²) in [6.07, 6.45) is 0. The van der Waals surface area contributed by atoms with E-state index in [0.29, 0.717) is 18.8 Å². The van der Waals surface area contributed by atoms with E-state index in [9.17, 15) is 4.79 Å². The predicted octanol–water partition coefficient (Wildman–Crippen LogP) is 2.15. The number of rotatable bonds is 7. The molecule has 1 rings (SSSR count). The van der Waals surface area contributed by atoms with Crippen LogP contribution in [0.5, 0.6) is 5.75 Å². The zero-order valence-electron chi connectivity index (χ0n) is 13.6. The van der Waals surface area contributed by atoms with Gasteiger partial charge in [0, 0.05) is 19.2 Å². The average molecular weight is 349 g/mol. The first kappa shape index (κ1) is 19.2.